The highest BCUT2D eigenvalue weighted by molar-refractivity contribution is 6.30. The van der Waals surface area contributed by atoms with E-state index in [-0.39, 0.29) is 5.56 Å². The van der Waals surface area contributed by atoms with Crippen LogP contribution in [0.15, 0.2) is 60.8 Å². The molecule has 0 spiro atoms. The number of nitrogens with zero attached hydrogens (tertiary/aromatic N) is 2. The van der Waals surface area contributed by atoms with Crippen molar-refractivity contribution in [3.8, 4) is 5.69 Å². The van der Waals surface area contributed by atoms with Crippen molar-refractivity contribution in [2.24, 2.45) is 0 Å². The van der Waals surface area contributed by atoms with E-state index in [1.807, 2.05) is 30.3 Å². The molecular formula is C16H12ClFN2O. The molecule has 0 saturated heterocycles. The average Bonchev–Trinajstić information content (AvgIpc) is 2.97. The van der Waals surface area contributed by atoms with Gasteiger partial charge in [0.25, 0.3) is 0 Å². The summed E-state index contributed by atoms with van der Waals surface area (Å²) in [7, 11) is 0. The van der Waals surface area contributed by atoms with Gasteiger partial charge in [-0.1, -0.05) is 35.9 Å². The van der Waals surface area contributed by atoms with E-state index in [9.17, 15) is 9.50 Å². The number of para-hydroxylation sites is 1. The molecule has 0 fully saturated rings. The summed E-state index contributed by atoms with van der Waals surface area (Å²) in [6.07, 6.45) is 0.448. The first-order chi connectivity index (χ1) is 10.2. The number of hydrogen-bond donors (Lipinski definition) is 1. The molecule has 3 rings (SSSR count). The summed E-state index contributed by atoms with van der Waals surface area (Å²) in [5.41, 5.74) is 1.45. The van der Waals surface area contributed by atoms with Gasteiger partial charge in [-0.2, -0.15) is 5.10 Å². The molecular weight excluding hydrogens is 291 g/mol. The first kappa shape index (κ1) is 13.8. The fraction of sp³-hybridized carbons (Fsp3) is 0.0625. The van der Waals surface area contributed by atoms with Crippen molar-refractivity contribution in [2.45, 2.75) is 6.10 Å². The Bertz CT molecular complexity index is 758. The van der Waals surface area contributed by atoms with Crippen LogP contribution in [0.4, 0.5) is 4.39 Å². The van der Waals surface area contributed by atoms with Gasteiger partial charge in [-0.3, -0.25) is 0 Å². The SMILES string of the molecule is OC(c1ccc(Cl)cc1F)c1ccnn1-c1ccccc1. The molecule has 0 aliphatic carbocycles. The van der Waals surface area contributed by atoms with Crippen molar-refractivity contribution in [3.63, 3.8) is 0 Å². The van der Waals surface area contributed by atoms with Gasteiger partial charge >= 0.3 is 0 Å². The summed E-state index contributed by atoms with van der Waals surface area (Å²) in [5, 5.41) is 14.9. The van der Waals surface area contributed by atoms with Crippen LogP contribution in [0.3, 0.4) is 0 Å². The molecule has 3 aromatic rings. The zero-order chi connectivity index (χ0) is 14.8. The first-order valence-corrected chi connectivity index (χ1v) is 6.77. The maximum Gasteiger partial charge on any atom is 0.130 e. The second-order valence-electron chi connectivity index (χ2n) is 4.57. The van der Waals surface area contributed by atoms with Crippen molar-refractivity contribution in [1.82, 2.24) is 9.78 Å². The molecule has 5 heteroatoms. The van der Waals surface area contributed by atoms with E-state index in [0.717, 1.165) is 5.69 Å². The lowest BCUT2D eigenvalue weighted by atomic mass is 10.1. The van der Waals surface area contributed by atoms with Crippen LogP contribution in [0.5, 0.6) is 0 Å². The number of hydrogen-bond acceptors (Lipinski definition) is 2. The molecule has 1 N–H and O–H groups in total. The molecule has 21 heavy (non-hydrogen) atoms. The van der Waals surface area contributed by atoms with Gasteiger partial charge in [0.05, 0.1) is 11.4 Å². The quantitative estimate of drug-likeness (QED) is 0.800. The number of rotatable bonds is 3. The van der Waals surface area contributed by atoms with Crippen LogP contribution < -0.4 is 0 Å². The topological polar surface area (TPSA) is 38.1 Å². The Hall–Kier alpha value is -2.17. The van der Waals surface area contributed by atoms with Gasteiger partial charge in [0.2, 0.25) is 0 Å². The molecule has 2 aromatic carbocycles. The van der Waals surface area contributed by atoms with Gasteiger partial charge in [0, 0.05) is 16.8 Å². The van der Waals surface area contributed by atoms with Crippen molar-refractivity contribution in [1.29, 1.82) is 0 Å². The van der Waals surface area contributed by atoms with Crippen molar-refractivity contribution in [2.75, 3.05) is 0 Å². The van der Waals surface area contributed by atoms with E-state index in [2.05, 4.69) is 5.10 Å². The standard InChI is InChI=1S/C16H12ClFN2O/c17-11-6-7-13(14(18)10-11)16(21)15-8-9-19-20(15)12-4-2-1-3-5-12/h1-10,16,21H. The monoisotopic (exact) mass is 302 g/mol. The van der Waals surface area contributed by atoms with E-state index in [1.165, 1.54) is 12.1 Å². The molecule has 3 nitrogen and oxygen atoms in total. The first-order valence-electron chi connectivity index (χ1n) is 6.39. The molecule has 0 aliphatic rings. The van der Waals surface area contributed by atoms with E-state index in [1.54, 1.807) is 23.0 Å². The van der Waals surface area contributed by atoms with Gasteiger partial charge in [-0.25, -0.2) is 9.07 Å². The summed E-state index contributed by atoms with van der Waals surface area (Å²) in [6, 6.07) is 15.2. The number of halogens is 2. The molecule has 0 aliphatic heterocycles. The van der Waals surface area contributed by atoms with Gasteiger partial charge in [-0.15, -0.1) is 0 Å². The second kappa shape index (κ2) is 5.68. The van der Waals surface area contributed by atoms with Gasteiger partial charge < -0.3 is 5.11 Å². The highest BCUT2D eigenvalue weighted by Gasteiger charge is 2.19. The summed E-state index contributed by atoms with van der Waals surface area (Å²) < 4.78 is 15.5. The van der Waals surface area contributed by atoms with Gasteiger partial charge in [-0.05, 0) is 30.3 Å². The third kappa shape index (κ3) is 2.68. The number of aliphatic hydroxyl groups is 1. The van der Waals surface area contributed by atoms with Crippen LogP contribution in [0.1, 0.15) is 17.4 Å². The summed E-state index contributed by atoms with van der Waals surface area (Å²) in [4.78, 5) is 0. The zero-order valence-electron chi connectivity index (χ0n) is 10.9. The normalized spacial score (nSPS) is 12.3. The summed E-state index contributed by atoms with van der Waals surface area (Å²) >= 11 is 5.73. The molecule has 0 amide bonds. The minimum atomic E-state index is -1.12. The molecule has 1 atom stereocenters. The maximum atomic E-state index is 14.0. The summed E-state index contributed by atoms with van der Waals surface area (Å²) in [6.45, 7) is 0. The third-order valence-corrected chi connectivity index (χ3v) is 3.45. The predicted molar refractivity (Wildman–Crippen MR) is 79.0 cm³/mol. The third-order valence-electron chi connectivity index (χ3n) is 3.21. The Morgan fingerprint density at radius 1 is 1.10 bits per heavy atom. The molecule has 1 unspecified atom stereocenters. The van der Waals surface area contributed by atoms with Crippen molar-refractivity contribution >= 4 is 11.6 Å². The Morgan fingerprint density at radius 3 is 2.57 bits per heavy atom. The second-order valence-corrected chi connectivity index (χ2v) is 5.01. The predicted octanol–water partition coefficient (Wildman–Crippen LogP) is 3.75. The highest BCUT2D eigenvalue weighted by Crippen LogP contribution is 2.27. The fourth-order valence-electron chi connectivity index (χ4n) is 2.19. The van der Waals surface area contributed by atoms with Crippen LogP contribution in [-0.2, 0) is 0 Å². The lowest BCUT2D eigenvalue weighted by Gasteiger charge is -2.14. The number of aliphatic hydroxyl groups excluding tert-OH is 1. The van der Waals surface area contributed by atoms with Crippen LogP contribution in [0, 0.1) is 5.82 Å². The number of aromatic nitrogens is 2. The van der Waals surface area contributed by atoms with E-state index < -0.39 is 11.9 Å². The Morgan fingerprint density at radius 2 is 1.86 bits per heavy atom. The molecule has 1 heterocycles. The largest absolute Gasteiger partial charge is 0.382 e. The smallest absolute Gasteiger partial charge is 0.130 e. The van der Waals surface area contributed by atoms with Gasteiger partial charge in [0.1, 0.15) is 11.9 Å². The van der Waals surface area contributed by atoms with Crippen LogP contribution in [-0.4, -0.2) is 14.9 Å². The fourth-order valence-corrected chi connectivity index (χ4v) is 2.35. The van der Waals surface area contributed by atoms with E-state index >= 15 is 0 Å². The lowest BCUT2D eigenvalue weighted by Crippen LogP contribution is -2.09. The van der Waals surface area contributed by atoms with Crippen LogP contribution in [0.25, 0.3) is 5.69 Å². The molecule has 0 radical (unpaired) electrons. The van der Waals surface area contributed by atoms with Crippen LogP contribution in [0.2, 0.25) is 5.02 Å². The average molecular weight is 303 g/mol. The Kier molecular flexibility index (Phi) is 3.73. The minimum absolute atomic E-state index is 0.164. The van der Waals surface area contributed by atoms with Crippen molar-refractivity contribution < 1.29 is 9.50 Å². The van der Waals surface area contributed by atoms with E-state index in [4.69, 9.17) is 11.6 Å². The maximum absolute atomic E-state index is 14.0. The molecule has 0 saturated carbocycles. The minimum Gasteiger partial charge on any atom is -0.382 e. The molecule has 1 aromatic heterocycles. The lowest BCUT2D eigenvalue weighted by molar-refractivity contribution is 0.207. The molecule has 106 valence electrons. The highest BCUT2D eigenvalue weighted by atomic mass is 35.5. The van der Waals surface area contributed by atoms with E-state index in [0.29, 0.717) is 10.7 Å². The Balaban J connectivity index is 2.03. The Labute approximate surface area is 126 Å². The van der Waals surface area contributed by atoms with Gasteiger partial charge in [0.15, 0.2) is 0 Å². The number of benzene rings is 2. The zero-order valence-corrected chi connectivity index (χ0v) is 11.7. The summed E-state index contributed by atoms with van der Waals surface area (Å²) in [5.74, 6) is -0.546. The molecule has 0 bridgehead atoms. The van der Waals surface area contributed by atoms with Crippen molar-refractivity contribution in [3.05, 3.63) is 82.9 Å². The van der Waals surface area contributed by atoms with Crippen LogP contribution >= 0.6 is 11.6 Å².